The Bertz CT molecular complexity index is 1050. The van der Waals surface area contributed by atoms with Crippen molar-refractivity contribution in [1.29, 1.82) is 0 Å². The summed E-state index contributed by atoms with van der Waals surface area (Å²) in [5, 5.41) is 84.8. The lowest BCUT2D eigenvalue weighted by Crippen LogP contribution is -2.68. The van der Waals surface area contributed by atoms with Crippen LogP contribution in [0.1, 0.15) is 12.8 Å². The summed E-state index contributed by atoms with van der Waals surface area (Å²) < 4.78 is 35.2. The summed E-state index contributed by atoms with van der Waals surface area (Å²) in [6.45, 7) is -0.906. The van der Waals surface area contributed by atoms with E-state index in [1.165, 1.54) is 0 Å². The van der Waals surface area contributed by atoms with E-state index in [-0.39, 0.29) is 52.2 Å². The van der Waals surface area contributed by atoms with Gasteiger partial charge in [0.25, 0.3) is 0 Å². The van der Waals surface area contributed by atoms with Crippen LogP contribution in [0.3, 0.4) is 0 Å². The number of aliphatic hydroxyl groups is 8. The standard InChI is InChI=1S/C31H65N9O14/c1-40(6-10(41)8-49-28-20(43)12(34)2-14(36)26(28)53-30-18(38)24(47)22(45)16(4-32)51-30)7-11(42)9-50-29-21(44)13(35)3-15(37)27(29)54-31-19(39)25(48)23(46)17(5-33)52-31/h10-31,41-48H,2-9,32-39H2,1H3/t10-,11-,12-,13+,14+,15-,16-,17+,18-,19+,20+,21-,22-,23+,24-,25+,26-,27+,28?,29?,30-,31+/m1/s1. The molecule has 22 atom stereocenters. The lowest BCUT2D eigenvalue weighted by molar-refractivity contribution is -0.292. The molecule has 4 fully saturated rings. The molecule has 4 rings (SSSR count). The quantitative estimate of drug-likeness (QED) is 0.0690. The van der Waals surface area contributed by atoms with Crippen molar-refractivity contribution in [3.05, 3.63) is 0 Å². The van der Waals surface area contributed by atoms with E-state index >= 15 is 0 Å². The zero-order valence-corrected chi connectivity index (χ0v) is 30.5. The molecule has 2 unspecified atom stereocenters. The molecule has 0 aromatic heterocycles. The Morgan fingerprint density at radius 1 is 0.556 bits per heavy atom. The van der Waals surface area contributed by atoms with Crippen molar-refractivity contribution in [2.45, 2.75) is 147 Å². The third-order valence-corrected chi connectivity index (χ3v) is 10.7. The topological polar surface area (TPSA) is 429 Å². The van der Waals surface area contributed by atoms with Gasteiger partial charge in [-0.3, -0.25) is 0 Å². The van der Waals surface area contributed by atoms with E-state index in [2.05, 4.69) is 0 Å². The monoisotopic (exact) mass is 787 g/mol. The maximum Gasteiger partial charge on any atom is 0.176 e. The average Bonchev–Trinajstić information content (AvgIpc) is 3.12. The molecule has 24 N–H and O–H groups in total. The Balaban J connectivity index is 1.30. The van der Waals surface area contributed by atoms with Crippen LogP contribution < -0.4 is 45.9 Å². The third-order valence-electron chi connectivity index (χ3n) is 10.7. The van der Waals surface area contributed by atoms with E-state index in [0.717, 1.165) is 0 Å². The molecule has 54 heavy (non-hydrogen) atoms. The highest BCUT2D eigenvalue weighted by Gasteiger charge is 2.50. The molecule has 0 aromatic carbocycles. The fourth-order valence-corrected chi connectivity index (χ4v) is 7.48. The van der Waals surface area contributed by atoms with Gasteiger partial charge in [0.2, 0.25) is 0 Å². The second-order valence-corrected chi connectivity index (χ2v) is 15.1. The molecule has 0 amide bonds. The summed E-state index contributed by atoms with van der Waals surface area (Å²) in [6.07, 6.45) is -18.8. The predicted molar refractivity (Wildman–Crippen MR) is 187 cm³/mol. The number of rotatable bonds is 16. The van der Waals surface area contributed by atoms with Crippen LogP contribution in [0.2, 0.25) is 0 Å². The molecule has 2 heterocycles. The van der Waals surface area contributed by atoms with Gasteiger partial charge in [-0.05, 0) is 19.9 Å². The van der Waals surface area contributed by atoms with Gasteiger partial charge < -0.3 is 120 Å². The number of nitrogens with zero attached hydrogens (tertiary/aromatic N) is 1. The van der Waals surface area contributed by atoms with Crippen LogP contribution in [0.15, 0.2) is 0 Å². The largest absolute Gasteiger partial charge is 0.389 e. The molecule has 318 valence electrons. The smallest absolute Gasteiger partial charge is 0.176 e. The molecule has 0 bridgehead atoms. The van der Waals surface area contributed by atoms with Crippen LogP contribution in [-0.4, -0.2) is 226 Å². The van der Waals surface area contributed by atoms with Gasteiger partial charge in [0.1, 0.15) is 61.0 Å². The lowest BCUT2D eigenvalue weighted by atomic mass is 9.84. The van der Waals surface area contributed by atoms with Crippen molar-refractivity contribution >= 4 is 0 Å². The zero-order valence-electron chi connectivity index (χ0n) is 30.5. The van der Waals surface area contributed by atoms with Crippen LogP contribution in [0.5, 0.6) is 0 Å². The molecular formula is C31H65N9O14. The van der Waals surface area contributed by atoms with E-state index < -0.39 is 134 Å². The van der Waals surface area contributed by atoms with Gasteiger partial charge in [-0.15, -0.1) is 0 Å². The minimum Gasteiger partial charge on any atom is -0.389 e. The average molecular weight is 788 g/mol. The van der Waals surface area contributed by atoms with Crippen LogP contribution in [-0.2, 0) is 28.4 Å². The maximum absolute atomic E-state index is 10.9. The van der Waals surface area contributed by atoms with Gasteiger partial charge >= 0.3 is 0 Å². The lowest BCUT2D eigenvalue weighted by Gasteiger charge is -2.47. The van der Waals surface area contributed by atoms with Gasteiger partial charge in [0.05, 0.1) is 49.7 Å². The second-order valence-electron chi connectivity index (χ2n) is 15.1. The van der Waals surface area contributed by atoms with Gasteiger partial charge in [0.15, 0.2) is 12.6 Å². The molecular weight excluding hydrogens is 722 g/mol. The first-order valence-electron chi connectivity index (χ1n) is 18.3. The number of hydrogen-bond donors (Lipinski definition) is 16. The molecule has 0 spiro atoms. The highest BCUT2D eigenvalue weighted by molar-refractivity contribution is 5.02. The van der Waals surface area contributed by atoms with Gasteiger partial charge in [-0.1, -0.05) is 0 Å². The van der Waals surface area contributed by atoms with Crippen molar-refractivity contribution in [1.82, 2.24) is 4.90 Å². The second kappa shape index (κ2) is 20.2. The van der Waals surface area contributed by atoms with Crippen LogP contribution in [0.4, 0.5) is 0 Å². The highest BCUT2D eigenvalue weighted by Crippen LogP contribution is 2.30. The Morgan fingerprint density at radius 3 is 1.24 bits per heavy atom. The zero-order chi connectivity index (χ0) is 40.2. The van der Waals surface area contributed by atoms with Crippen molar-refractivity contribution in [3.8, 4) is 0 Å². The van der Waals surface area contributed by atoms with Crippen molar-refractivity contribution in [2.75, 3.05) is 46.4 Å². The number of likely N-dealkylation sites (N-methyl/N-ethyl adjacent to an activating group) is 1. The molecule has 0 radical (unpaired) electrons. The Labute approximate surface area is 313 Å². The molecule has 2 saturated heterocycles. The fraction of sp³-hybridized carbons (Fsp3) is 1.00. The van der Waals surface area contributed by atoms with Crippen molar-refractivity contribution in [2.24, 2.45) is 45.9 Å². The van der Waals surface area contributed by atoms with E-state index in [1.54, 1.807) is 11.9 Å². The number of hydrogen-bond acceptors (Lipinski definition) is 23. The van der Waals surface area contributed by atoms with Crippen LogP contribution >= 0.6 is 0 Å². The summed E-state index contributed by atoms with van der Waals surface area (Å²) in [7, 11) is 1.62. The van der Waals surface area contributed by atoms with Crippen molar-refractivity contribution < 1.29 is 69.3 Å². The highest BCUT2D eigenvalue weighted by atomic mass is 16.7. The number of nitrogens with two attached hydrogens (primary N) is 8. The Hall–Kier alpha value is -0.920. The first kappa shape index (κ1) is 45.8. The summed E-state index contributed by atoms with van der Waals surface area (Å²) in [4.78, 5) is 1.59. The minimum atomic E-state index is -1.41. The summed E-state index contributed by atoms with van der Waals surface area (Å²) in [6, 6.07) is -5.43. The predicted octanol–water partition coefficient (Wildman–Crippen LogP) is -10.5. The van der Waals surface area contributed by atoms with Gasteiger partial charge in [-0.2, -0.15) is 0 Å². The Kier molecular flexibility index (Phi) is 17.1. The van der Waals surface area contributed by atoms with Gasteiger partial charge in [-0.25, -0.2) is 0 Å². The van der Waals surface area contributed by atoms with E-state index in [1.807, 2.05) is 0 Å². The van der Waals surface area contributed by atoms with E-state index in [4.69, 9.17) is 74.3 Å². The molecule has 2 aliphatic carbocycles. The molecule has 2 saturated carbocycles. The van der Waals surface area contributed by atoms with Crippen LogP contribution in [0, 0.1) is 0 Å². The van der Waals surface area contributed by atoms with E-state index in [0.29, 0.717) is 0 Å². The molecule has 23 nitrogen and oxygen atoms in total. The maximum atomic E-state index is 10.9. The van der Waals surface area contributed by atoms with Gasteiger partial charge in [0, 0.05) is 50.3 Å². The molecule has 23 heteroatoms. The first-order valence-corrected chi connectivity index (χ1v) is 18.3. The fourth-order valence-electron chi connectivity index (χ4n) is 7.48. The summed E-state index contributed by atoms with van der Waals surface area (Å²) >= 11 is 0. The summed E-state index contributed by atoms with van der Waals surface area (Å²) in [5.41, 5.74) is 48.3. The van der Waals surface area contributed by atoms with Crippen LogP contribution in [0.25, 0.3) is 0 Å². The third kappa shape index (κ3) is 10.8. The van der Waals surface area contributed by atoms with E-state index in [9.17, 15) is 40.9 Å². The summed E-state index contributed by atoms with van der Waals surface area (Å²) in [5.74, 6) is 0. The minimum absolute atomic E-state index is 0.0106. The number of ether oxygens (including phenoxy) is 6. The Morgan fingerprint density at radius 2 is 0.907 bits per heavy atom. The molecule has 0 aromatic rings. The normalized spacial score (nSPS) is 47.4. The first-order chi connectivity index (χ1) is 25.4. The molecule has 2 aliphatic heterocycles. The molecule has 4 aliphatic rings. The SMILES string of the molecule is CN(C[C@@H](O)COC1[C@@H](O[C@@H]2O[C@@H](CN)[C@H](O)[C@@H](O)[C@@H]2N)[C@H](N)C[C@H](N)[C@H]1O)C[C@@H](O)COC1[C@@H](O)[C@H](N)C[C@H](N)[C@H]1O[C@H]1O[C@H](CN)[C@@H](O)[C@H](O)[C@H]1N. The number of aliphatic hydroxyl groups excluding tert-OH is 8. The van der Waals surface area contributed by atoms with Crippen molar-refractivity contribution in [3.63, 3.8) is 0 Å².